The van der Waals surface area contributed by atoms with Crippen molar-refractivity contribution in [3.05, 3.63) is 96.1 Å². The van der Waals surface area contributed by atoms with Crippen molar-refractivity contribution in [1.29, 1.82) is 0 Å². The number of hydrogen-bond acceptors (Lipinski definition) is 4. The zero-order valence-electron chi connectivity index (χ0n) is 34.3. The second-order valence-electron chi connectivity index (χ2n) is 21.1. The monoisotopic (exact) mass is 846 g/mol. The summed E-state index contributed by atoms with van der Waals surface area (Å²) in [7, 11) is -0.432. The topological polar surface area (TPSA) is 51.6 Å². The Bertz CT molecular complexity index is 1740. The summed E-state index contributed by atoms with van der Waals surface area (Å²) in [6.07, 6.45) is 27.5. The van der Waals surface area contributed by atoms with Crippen LogP contribution in [0.2, 0.25) is 39.3 Å². The van der Waals surface area contributed by atoms with Gasteiger partial charge in [-0.15, -0.1) is 9.24 Å². The average Bonchev–Trinajstić information content (AvgIpc) is 3.83. The van der Waals surface area contributed by atoms with Gasteiger partial charge in [-0.25, -0.2) is 38.1 Å². The fourth-order valence-electron chi connectivity index (χ4n) is 14.0. The number of rotatable bonds is 9. The van der Waals surface area contributed by atoms with Crippen LogP contribution in [0, 0.1) is 35.5 Å². The Morgan fingerprint density at radius 2 is 1.05 bits per heavy atom. The Morgan fingerprint density at radius 1 is 0.673 bits per heavy atom. The standard InChI is InChI=1S/C41H59N4P2Si2.C5H5.Fe/c1-48(2,3)35-19-34(41(46,37-42-9-7-10-43-37)38-44-11-8-12-45-38)33(36(35)49(4,5)6)26-47(39-20-27-13-28(21-39)15-29(14-27)22-39)40-23-30-16-31(24-40)18-32(17-30)25-40;1-2-4-5-3-1;/h7-12,19,27-32H,13-18,20-26,46H2,1-6H3;1-5H;/q2*-1;+2. The van der Waals surface area contributed by atoms with E-state index in [1.807, 2.05) is 67.3 Å². The molecule has 0 spiro atoms. The Balaban J connectivity index is 0.000000661. The van der Waals surface area contributed by atoms with Gasteiger partial charge in [0.05, 0.1) is 13.2 Å². The van der Waals surface area contributed by atoms with Crippen molar-refractivity contribution < 1.29 is 17.1 Å². The minimum absolute atomic E-state index is 0. The van der Waals surface area contributed by atoms with Gasteiger partial charge in [-0.1, -0.05) is 47.2 Å². The van der Waals surface area contributed by atoms with Gasteiger partial charge in [0.25, 0.3) is 0 Å². The maximum Gasteiger partial charge on any atom is 2.00 e. The van der Waals surface area contributed by atoms with E-state index in [1.165, 1.54) is 50.3 Å². The molecule has 0 saturated heterocycles. The molecule has 1 atom stereocenters. The van der Waals surface area contributed by atoms with E-state index in [0.29, 0.717) is 10.3 Å². The first-order valence-electron chi connectivity index (χ1n) is 21.4. The van der Waals surface area contributed by atoms with Crippen molar-refractivity contribution in [2.24, 2.45) is 35.5 Å². The Hall–Kier alpha value is -1.33. The van der Waals surface area contributed by atoms with Crippen LogP contribution in [0.15, 0.2) is 73.3 Å². The molecule has 8 aliphatic carbocycles. The van der Waals surface area contributed by atoms with E-state index in [9.17, 15) is 0 Å². The smallest absolute Gasteiger partial charge is 0.241 e. The SMILES string of the molecule is C[Si](C)(C)c1cc(C(P)(c2ncccn2)c2ncccn2)c(CP(C23CC4CC(CC(C4)C2)C3)C23CC4CC(CC(C4)C2)C3)[c-]1[Si](C)(C)C.[Fe+2].c1cc[cH-]c1. The summed E-state index contributed by atoms with van der Waals surface area (Å²) in [5.74, 6) is 7.60. The van der Waals surface area contributed by atoms with Crippen LogP contribution in [0.4, 0.5) is 0 Å². The predicted molar refractivity (Wildman–Crippen MR) is 236 cm³/mol. The zero-order valence-corrected chi connectivity index (χ0v) is 39.4. The van der Waals surface area contributed by atoms with Crippen molar-refractivity contribution in [2.45, 2.75) is 138 Å². The quantitative estimate of drug-likeness (QED) is 0.0957. The Labute approximate surface area is 348 Å². The van der Waals surface area contributed by atoms with Gasteiger partial charge in [-0.05, 0) is 141 Å². The minimum atomic E-state index is -1.78. The molecule has 0 radical (unpaired) electrons. The summed E-state index contributed by atoms with van der Waals surface area (Å²) in [4.78, 5) is 20.0. The molecule has 294 valence electrons. The summed E-state index contributed by atoms with van der Waals surface area (Å²) in [6, 6.07) is 16.6. The van der Waals surface area contributed by atoms with E-state index >= 15 is 0 Å². The van der Waals surface area contributed by atoms with Crippen molar-refractivity contribution in [3.63, 3.8) is 0 Å². The summed E-state index contributed by atoms with van der Waals surface area (Å²) < 4.78 is 0. The van der Waals surface area contributed by atoms with Crippen molar-refractivity contribution >= 4 is 43.7 Å². The fourth-order valence-corrected chi connectivity index (χ4v) is 25.7. The van der Waals surface area contributed by atoms with E-state index in [-0.39, 0.29) is 25.0 Å². The van der Waals surface area contributed by atoms with Gasteiger partial charge in [-0.2, -0.15) is 39.7 Å². The van der Waals surface area contributed by atoms with Gasteiger partial charge in [0.15, 0.2) is 0 Å². The predicted octanol–water partition coefficient (Wildman–Crippen LogP) is 10.6. The summed E-state index contributed by atoms with van der Waals surface area (Å²) in [6.45, 7) is 15.7. The van der Waals surface area contributed by atoms with E-state index in [0.717, 1.165) is 47.2 Å². The van der Waals surface area contributed by atoms with E-state index in [2.05, 4.69) is 54.6 Å². The third-order valence-corrected chi connectivity index (χ3v) is 24.2. The molecule has 2 aromatic carbocycles. The molecule has 4 aromatic rings. The largest absolute Gasteiger partial charge is 2.00 e. The fraction of sp³-hybridized carbons (Fsp3) is 0.609. The second kappa shape index (κ2) is 15.0. The van der Waals surface area contributed by atoms with Crippen molar-refractivity contribution in [1.82, 2.24) is 19.9 Å². The van der Waals surface area contributed by atoms with Crippen molar-refractivity contribution in [2.75, 3.05) is 0 Å². The van der Waals surface area contributed by atoms with Crippen LogP contribution in [0.5, 0.6) is 0 Å². The molecule has 0 aliphatic heterocycles. The summed E-state index contributed by atoms with van der Waals surface area (Å²) >= 11 is 0. The van der Waals surface area contributed by atoms with Gasteiger partial charge in [-0.3, -0.25) is 0 Å². The Morgan fingerprint density at radius 3 is 1.36 bits per heavy atom. The van der Waals surface area contributed by atoms with Crippen LogP contribution >= 0.6 is 17.2 Å². The van der Waals surface area contributed by atoms with Gasteiger partial charge in [0, 0.05) is 32.9 Å². The van der Waals surface area contributed by atoms with Crippen LogP contribution in [-0.2, 0) is 28.4 Å². The molecule has 8 bridgehead atoms. The molecule has 2 heterocycles. The summed E-state index contributed by atoms with van der Waals surface area (Å²) in [5.41, 5.74) is 3.14. The molecule has 2 aromatic heterocycles. The molecule has 0 amide bonds. The molecule has 1 unspecified atom stereocenters. The molecule has 9 heteroatoms. The van der Waals surface area contributed by atoms with Crippen LogP contribution < -0.4 is 10.4 Å². The minimum Gasteiger partial charge on any atom is -0.241 e. The van der Waals surface area contributed by atoms with Gasteiger partial charge in [0.2, 0.25) is 0 Å². The first kappa shape index (κ1) is 40.5. The van der Waals surface area contributed by atoms with Crippen LogP contribution in [0.1, 0.15) is 99.8 Å². The molecule has 0 N–H and O–H groups in total. The maximum atomic E-state index is 5.01. The molecule has 8 saturated carbocycles. The molecular formula is C46H64FeN4P2Si2. The molecular weight excluding hydrogens is 782 g/mol. The van der Waals surface area contributed by atoms with Gasteiger partial charge >= 0.3 is 17.1 Å². The molecule has 55 heavy (non-hydrogen) atoms. The van der Waals surface area contributed by atoms with Crippen molar-refractivity contribution in [3.8, 4) is 0 Å². The van der Waals surface area contributed by atoms with Crippen LogP contribution in [0.3, 0.4) is 0 Å². The number of nitrogens with zero attached hydrogens (tertiary/aromatic N) is 4. The zero-order chi connectivity index (χ0) is 37.5. The maximum absolute atomic E-state index is 5.01. The first-order chi connectivity index (χ1) is 25.8. The number of hydrogen-bond donors (Lipinski definition) is 0. The van der Waals surface area contributed by atoms with E-state index < -0.39 is 21.3 Å². The molecule has 8 fully saturated rings. The third-order valence-electron chi connectivity index (χ3n) is 15.0. The summed E-state index contributed by atoms with van der Waals surface area (Å²) in [5, 5.41) is 3.96. The van der Waals surface area contributed by atoms with E-state index in [4.69, 9.17) is 19.9 Å². The van der Waals surface area contributed by atoms with E-state index in [1.54, 1.807) is 54.5 Å². The average molecular weight is 847 g/mol. The molecule has 8 aliphatic rings. The first-order valence-corrected chi connectivity index (χ1v) is 30.5. The normalized spacial score (nSPS) is 32.5. The van der Waals surface area contributed by atoms with Crippen LogP contribution in [0.25, 0.3) is 0 Å². The third kappa shape index (κ3) is 7.35. The Kier molecular flexibility index (Phi) is 11.1. The van der Waals surface area contributed by atoms with Gasteiger partial charge in [0.1, 0.15) is 11.6 Å². The van der Waals surface area contributed by atoms with Gasteiger partial charge < -0.3 is 0 Å². The molecule has 12 rings (SSSR count). The second-order valence-corrected chi connectivity index (χ2v) is 35.1. The van der Waals surface area contributed by atoms with Crippen LogP contribution in [-0.4, -0.2) is 46.4 Å². The molecule has 4 nitrogen and oxygen atoms in total. The number of aromatic nitrogens is 4.